The average Bonchev–Trinajstić information content (AvgIpc) is 2.45. The molecule has 0 saturated carbocycles. The van der Waals surface area contributed by atoms with Crippen LogP contribution in [-0.2, 0) is 6.61 Å². The number of nitrogens with zero attached hydrogens (tertiary/aromatic N) is 1. The highest BCUT2D eigenvalue weighted by molar-refractivity contribution is 5.90. The summed E-state index contributed by atoms with van der Waals surface area (Å²) in [6, 6.07) is 8.79. The first kappa shape index (κ1) is 12.9. The van der Waals surface area contributed by atoms with Crippen molar-refractivity contribution >= 4 is 5.97 Å². The molecule has 19 heavy (non-hydrogen) atoms. The molecule has 0 aliphatic carbocycles. The minimum absolute atomic E-state index is 0.0953. The minimum Gasteiger partial charge on any atom is -0.497 e. The molecule has 0 atom stereocenters. The normalized spacial score (nSPS) is 9.95. The molecular weight excluding hydrogens is 246 g/mol. The Morgan fingerprint density at radius 1 is 1.37 bits per heavy atom. The summed E-state index contributed by atoms with van der Waals surface area (Å²) in [6.07, 6.45) is 2.81. The second kappa shape index (κ2) is 5.86. The number of aromatic nitrogens is 1. The van der Waals surface area contributed by atoms with Crippen molar-refractivity contribution in [2.75, 3.05) is 7.11 Å². The molecule has 0 saturated heterocycles. The second-order valence-corrected chi connectivity index (χ2v) is 3.82. The van der Waals surface area contributed by atoms with E-state index in [0.29, 0.717) is 0 Å². The number of pyridine rings is 1. The van der Waals surface area contributed by atoms with Crippen molar-refractivity contribution in [3.05, 3.63) is 53.9 Å². The van der Waals surface area contributed by atoms with E-state index in [1.54, 1.807) is 7.11 Å². The Morgan fingerprint density at radius 2 is 2.21 bits per heavy atom. The molecule has 0 amide bonds. The van der Waals surface area contributed by atoms with Crippen LogP contribution in [-0.4, -0.2) is 23.2 Å². The molecule has 5 nitrogen and oxygen atoms in total. The van der Waals surface area contributed by atoms with E-state index in [9.17, 15) is 4.79 Å². The monoisotopic (exact) mass is 259 g/mol. The summed E-state index contributed by atoms with van der Waals surface area (Å²) in [7, 11) is 1.59. The number of ether oxygens (including phenoxy) is 2. The maximum atomic E-state index is 11.0. The molecule has 1 aromatic heterocycles. The van der Waals surface area contributed by atoms with E-state index in [1.165, 1.54) is 18.5 Å². The quantitative estimate of drug-likeness (QED) is 0.892. The Morgan fingerprint density at radius 3 is 2.95 bits per heavy atom. The van der Waals surface area contributed by atoms with Gasteiger partial charge < -0.3 is 14.6 Å². The number of benzene rings is 1. The Balaban J connectivity index is 2.12. The standard InChI is InChI=1S/C14H13NO4/c1-18-11-4-2-3-10(7-11)9-19-13-8-15-6-5-12(13)14(16)17/h2-8H,9H2,1H3,(H,16,17). The van der Waals surface area contributed by atoms with Crippen LogP contribution in [0.15, 0.2) is 42.7 Å². The summed E-state index contributed by atoms with van der Waals surface area (Å²) >= 11 is 0. The number of methoxy groups -OCH3 is 1. The fourth-order valence-electron chi connectivity index (χ4n) is 1.60. The molecule has 0 aliphatic rings. The first-order valence-electron chi connectivity index (χ1n) is 5.63. The predicted octanol–water partition coefficient (Wildman–Crippen LogP) is 2.37. The molecule has 0 radical (unpaired) electrons. The highest BCUT2D eigenvalue weighted by Gasteiger charge is 2.10. The number of carboxylic acid groups (broad SMARTS) is 1. The first-order valence-corrected chi connectivity index (χ1v) is 5.63. The van der Waals surface area contributed by atoms with Gasteiger partial charge in [-0.2, -0.15) is 0 Å². The lowest BCUT2D eigenvalue weighted by Gasteiger charge is -2.09. The minimum atomic E-state index is -1.04. The Hall–Kier alpha value is -2.56. The number of aromatic carboxylic acids is 1. The Bertz CT molecular complexity index is 583. The third-order valence-electron chi connectivity index (χ3n) is 2.54. The maximum Gasteiger partial charge on any atom is 0.339 e. The van der Waals surface area contributed by atoms with E-state index in [-0.39, 0.29) is 17.9 Å². The van der Waals surface area contributed by atoms with Gasteiger partial charge in [-0.3, -0.25) is 4.98 Å². The van der Waals surface area contributed by atoms with E-state index in [4.69, 9.17) is 14.6 Å². The van der Waals surface area contributed by atoms with Gasteiger partial charge in [0.15, 0.2) is 5.75 Å². The van der Waals surface area contributed by atoms with Gasteiger partial charge in [-0.25, -0.2) is 4.79 Å². The van der Waals surface area contributed by atoms with Gasteiger partial charge in [-0.15, -0.1) is 0 Å². The van der Waals surface area contributed by atoms with E-state index in [1.807, 2.05) is 24.3 Å². The summed E-state index contributed by atoms with van der Waals surface area (Å²) in [5, 5.41) is 9.02. The van der Waals surface area contributed by atoms with Gasteiger partial charge in [-0.05, 0) is 23.8 Å². The number of rotatable bonds is 5. The molecule has 1 N–H and O–H groups in total. The highest BCUT2D eigenvalue weighted by atomic mass is 16.5. The zero-order valence-corrected chi connectivity index (χ0v) is 10.4. The molecule has 0 unspecified atom stereocenters. The zero-order valence-electron chi connectivity index (χ0n) is 10.4. The smallest absolute Gasteiger partial charge is 0.339 e. The summed E-state index contributed by atoms with van der Waals surface area (Å²) in [4.78, 5) is 14.9. The molecule has 1 aromatic carbocycles. The first-order chi connectivity index (χ1) is 9.20. The van der Waals surface area contributed by atoms with E-state index >= 15 is 0 Å². The zero-order chi connectivity index (χ0) is 13.7. The van der Waals surface area contributed by atoms with Crippen LogP contribution < -0.4 is 9.47 Å². The van der Waals surface area contributed by atoms with Crippen molar-refractivity contribution < 1.29 is 19.4 Å². The van der Waals surface area contributed by atoms with Crippen molar-refractivity contribution in [3.63, 3.8) is 0 Å². The van der Waals surface area contributed by atoms with Crippen molar-refractivity contribution in [3.8, 4) is 11.5 Å². The molecule has 0 aliphatic heterocycles. The average molecular weight is 259 g/mol. The second-order valence-electron chi connectivity index (χ2n) is 3.82. The molecule has 0 spiro atoms. The predicted molar refractivity (Wildman–Crippen MR) is 68.5 cm³/mol. The van der Waals surface area contributed by atoms with Crippen LogP contribution in [0.5, 0.6) is 11.5 Å². The summed E-state index contributed by atoms with van der Waals surface area (Å²) in [5.74, 6) is -0.0633. The van der Waals surface area contributed by atoms with Gasteiger partial charge in [0.05, 0.1) is 13.3 Å². The van der Waals surface area contributed by atoms with Gasteiger partial charge in [0, 0.05) is 6.20 Å². The topological polar surface area (TPSA) is 68.7 Å². The molecule has 0 fully saturated rings. The summed E-state index contributed by atoms with van der Waals surface area (Å²) in [5.41, 5.74) is 0.984. The van der Waals surface area contributed by atoms with Crippen LogP contribution in [0.25, 0.3) is 0 Å². The van der Waals surface area contributed by atoms with Gasteiger partial charge in [0.1, 0.15) is 17.9 Å². The Labute approximate surface area is 110 Å². The summed E-state index contributed by atoms with van der Waals surface area (Å²) < 4.78 is 10.6. The lowest BCUT2D eigenvalue weighted by molar-refractivity contribution is 0.0691. The van der Waals surface area contributed by atoms with Gasteiger partial charge >= 0.3 is 5.97 Å². The molecular formula is C14H13NO4. The fourth-order valence-corrected chi connectivity index (χ4v) is 1.60. The summed E-state index contributed by atoms with van der Waals surface area (Å²) in [6.45, 7) is 0.253. The number of carboxylic acids is 1. The van der Waals surface area contributed by atoms with Crippen LogP contribution in [0.2, 0.25) is 0 Å². The van der Waals surface area contributed by atoms with Gasteiger partial charge in [0.2, 0.25) is 0 Å². The lowest BCUT2D eigenvalue weighted by atomic mass is 10.2. The maximum absolute atomic E-state index is 11.0. The van der Waals surface area contributed by atoms with Crippen LogP contribution in [0.4, 0.5) is 0 Å². The molecule has 5 heteroatoms. The van der Waals surface area contributed by atoms with E-state index < -0.39 is 5.97 Å². The lowest BCUT2D eigenvalue weighted by Crippen LogP contribution is -2.03. The highest BCUT2D eigenvalue weighted by Crippen LogP contribution is 2.19. The van der Waals surface area contributed by atoms with Crippen LogP contribution in [0.1, 0.15) is 15.9 Å². The van der Waals surface area contributed by atoms with Gasteiger partial charge in [-0.1, -0.05) is 12.1 Å². The van der Waals surface area contributed by atoms with Crippen LogP contribution >= 0.6 is 0 Å². The van der Waals surface area contributed by atoms with E-state index in [2.05, 4.69) is 4.98 Å². The molecule has 0 bridgehead atoms. The third-order valence-corrected chi connectivity index (χ3v) is 2.54. The van der Waals surface area contributed by atoms with Crippen LogP contribution in [0, 0.1) is 0 Å². The number of hydrogen-bond acceptors (Lipinski definition) is 4. The molecule has 98 valence electrons. The Kier molecular flexibility index (Phi) is 3.97. The van der Waals surface area contributed by atoms with Crippen molar-refractivity contribution in [2.24, 2.45) is 0 Å². The number of carbonyl (C=O) groups is 1. The van der Waals surface area contributed by atoms with Gasteiger partial charge in [0.25, 0.3) is 0 Å². The molecule has 1 heterocycles. The van der Waals surface area contributed by atoms with Crippen molar-refractivity contribution in [1.29, 1.82) is 0 Å². The fraction of sp³-hybridized carbons (Fsp3) is 0.143. The van der Waals surface area contributed by atoms with Crippen molar-refractivity contribution in [2.45, 2.75) is 6.61 Å². The molecule has 2 aromatic rings. The third kappa shape index (κ3) is 3.22. The largest absolute Gasteiger partial charge is 0.497 e. The number of hydrogen-bond donors (Lipinski definition) is 1. The van der Waals surface area contributed by atoms with Crippen LogP contribution in [0.3, 0.4) is 0 Å². The van der Waals surface area contributed by atoms with Crippen molar-refractivity contribution in [1.82, 2.24) is 4.98 Å². The SMILES string of the molecule is COc1cccc(COc2cnccc2C(=O)O)c1. The van der Waals surface area contributed by atoms with E-state index in [0.717, 1.165) is 11.3 Å². The molecule has 2 rings (SSSR count).